The molecule has 0 spiro atoms. The molecule has 4 nitrogen and oxygen atoms in total. The fourth-order valence-electron chi connectivity index (χ4n) is 1.41. The van der Waals surface area contributed by atoms with Crippen LogP contribution in [0.3, 0.4) is 0 Å². The third-order valence-corrected chi connectivity index (χ3v) is 2.38. The van der Waals surface area contributed by atoms with Gasteiger partial charge in [-0.2, -0.15) is 0 Å². The van der Waals surface area contributed by atoms with Gasteiger partial charge in [0.05, 0.1) is 12.7 Å². The zero-order valence-corrected chi connectivity index (χ0v) is 9.99. The smallest absolute Gasteiger partial charge is 0.257 e. The molecule has 0 fully saturated rings. The molecular formula is C12H18N2O2. The van der Waals surface area contributed by atoms with Gasteiger partial charge in [0.2, 0.25) is 0 Å². The van der Waals surface area contributed by atoms with E-state index in [2.05, 4.69) is 5.32 Å². The molecule has 1 N–H and O–H groups in total. The number of ether oxygens (including phenoxy) is 1. The Kier molecular flexibility index (Phi) is 4.79. The van der Waals surface area contributed by atoms with E-state index < -0.39 is 0 Å². The summed E-state index contributed by atoms with van der Waals surface area (Å²) in [7, 11) is 5.22. The normalized spacial score (nSPS) is 9.94. The Labute approximate surface area is 96.2 Å². The highest BCUT2D eigenvalue weighted by Gasteiger charge is 2.15. The first-order chi connectivity index (χ1) is 7.70. The second-order valence-electron chi connectivity index (χ2n) is 3.53. The van der Waals surface area contributed by atoms with Crippen LogP contribution in [0.15, 0.2) is 24.3 Å². The van der Waals surface area contributed by atoms with Crippen molar-refractivity contribution in [1.82, 2.24) is 10.2 Å². The molecule has 1 rings (SSSR count). The summed E-state index contributed by atoms with van der Waals surface area (Å²) in [4.78, 5) is 13.7. The Morgan fingerprint density at radius 1 is 1.44 bits per heavy atom. The van der Waals surface area contributed by atoms with E-state index in [1.54, 1.807) is 31.2 Å². The van der Waals surface area contributed by atoms with Gasteiger partial charge in [-0.15, -0.1) is 0 Å². The maximum Gasteiger partial charge on any atom is 0.257 e. The van der Waals surface area contributed by atoms with E-state index in [0.29, 0.717) is 17.9 Å². The standard InChI is InChI=1S/C12H18N2O2/c1-13-8-9-14(2)12(15)10-6-4-5-7-11(10)16-3/h4-7,13H,8-9H2,1-3H3. The number of nitrogens with zero attached hydrogens (tertiary/aromatic N) is 1. The van der Waals surface area contributed by atoms with Gasteiger partial charge < -0.3 is 15.0 Å². The molecule has 0 aliphatic carbocycles. The van der Waals surface area contributed by atoms with Crippen molar-refractivity contribution >= 4 is 5.91 Å². The molecule has 0 radical (unpaired) electrons. The average molecular weight is 222 g/mol. The lowest BCUT2D eigenvalue weighted by atomic mass is 10.2. The van der Waals surface area contributed by atoms with Crippen molar-refractivity contribution in [2.75, 3.05) is 34.3 Å². The van der Waals surface area contributed by atoms with Crippen LogP contribution in [0.2, 0.25) is 0 Å². The quantitative estimate of drug-likeness (QED) is 0.807. The molecule has 1 aromatic rings. The predicted octanol–water partition coefficient (Wildman–Crippen LogP) is 0.987. The summed E-state index contributed by atoms with van der Waals surface area (Å²) in [6.07, 6.45) is 0. The van der Waals surface area contributed by atoms with Crippen molar-refractivity contribution in [3.63, 3.8) is 0 Å². The first-order valence-corrected chi connectivity index (χ1v) is 5.23. The van der Waals surface area contributed by atoms with Gasteiger partial charge in [-0.1, -0.05) is 12.1 Å². The summed E-state index contributed by atoms with van der Waals surface area (Å²) in [5.74, 6) is 0.594. The van der Waals surface area contributed by atoms with Gasteiger partial charge in [-0.05, 0) is 19.2 Å². The van der Waals surface area contributed by atoms with Crippen molar-refractivity contribution in [2.45, 2.75) is 0 Å². The van der Waals surface area contributed by atoms with E-state index in [0.717, 1.165) is 6.54 Å². The third-order valence-electron chi connectivity index (χ3n) is 2.38. The lowest BCUT2D eigenvalue weighted by Gasteiger charge is -2.18. The monoisotopic (exact) mass is 222 g/mol. The fraction of sp³-hybridized carbons (Fsp3) is 0.417. The van der Waals surface area contributed by atoms with Crippen molar-refractivity contribution < 1.29 is 9.53 Å². The highest BCUT2D eigenvalue weighted by Crippen LogP contribution is 2.18. The maximum atomic E-state index is 12.0. The van der Waals surface area contributed by atoms with Gasteiger partial charge in [0.1, 0.15) is 5.75 Å². The zero-order chi connectivity index (χ0) is 12.0. The second kappa shape index (κ2) is 6.12. The SMILES string of the molecule is CNCCN(C)C(=O)c1ccccc1OC. The number of carbonyl (C=O) groups is 1. The Bertz CT molecular complexity index is 353. The zero-order valence-electron chi connectivity index (χ0n) is 9.99. The van der Waals surface area contributed by atoms with E-state index >= 15 is 0 Å². The molecule has 0 aliphatic rings. The average Bonchev–Trinajstić information content (AvgIpc) is 2.34. The number of amides is 1. The Morgan fingerprint density at radius 3 is 2.75 bits per heavy atom. The second-order valence-corrected chi connectivity index (χ2v) is 3.53. The number of likely N-dealkylation sites (N-methyl/N-ethyl adjacent to an activating group) is 2. The van der Waals surface area contributed by atoms with Crippen molar-refractivity contribution in [3.8, 4) is 5.75 Å². The van der Waals surface area contributed by atoms with Gasteiger partial charge in [0.15, 0.2) is 0 Å². The molecule has 1 aromatic carbocycles. The fourth-order valence-corrected chi connectivity index (χ4v) is 1.41. The van der Waals surface area contributed by atoms with Crippen LogP contribution >= 0.6 is 0 Å². The van der Waals surface area contributed by atoms with Crippen LogP contribution in [0.25, 0.3) is 0 Å². The summed E-state index contributed by atoms with van der Waals surface area (Å²) in [5.41, 5.74) is 0.601. The van der Waals surface area contributed by atoms with Crippen LogP contribution in [0.1, 0.15) is 10.4 Å². The number of methoxy groups -OCH3 is 1. The summed E-state index contributed by atoms with van der Waals surface area (Å²) in [6.45, 7) is 1.45. The van der Waals surface area contributed by atoms with Gasteiger partial charge >= 0.3 is 0 Å². The van der Waals surface area contributed by atoms with E-state index in [1.807, 2.05) is 19.2 Å². The molecule has 16 heavy (non-hydrogen) atoms. The van der Waals surface area contributed by atoms with Crippen LogP contribution in [0.5, 0.6) is 5.75 Å². The predicted molar refractivity (Wildman–Crippen MR) is 63.9 cm³/mol. The topological polar surface area (TPSA) is 41.6 Å². The maximum absolute atomic E-state index is 12.0. The minimum absolute atomic E-state index is 0.0206. The molecule has 0 heterocycles. The summed E-state index contributed by atoms with van der Waals surface area (Å²) >= 11 is 0. The van der Waals surface area contributed by atoms with E-state index in [-0.39, 0.29) is 5.91 Å². The Morgan fingerprint density at radius 2 is 2.12 bits per heavy atom. The van der Waals surface area contributed by atoms with Gasteiger partial charge in [0.25, 0.3) is 5.91 Å². The van der Waals surface area contributed by atoms with Crippen molar-refractivity contribution in [1.29, 1.82) is 0 Å². The van der Waals surface area contributed by atoms with Gasteiger partial charge in [-0.3, -0.25) is 4.79 Å². The van der Waals surface area contributed by atoms with Crippen molar-refractivity contribution in [2.24, 2.45) is 0 Å². The number of hydrogen-bond donors (Lipinski definition) is 1. The summed E-state index contributed by atoms with van der Waals surface area (Å²) in [5, 5.41) is 3.01. The molecule has 1 amide bonds. The molecule has 0 bridgehead atoms. The van der Waals surface area contributed by atoms with Crippen LogP contribution in [0.4, 0.5) is 0 Å². The molecule has 0 saturated heterocycles. The third kappa shape index (κ3) is 2.97. The minimum atomic E-state index is -0.0206. The molecule has 0 aromatic heterocycles. The molecular weight excluding hydrogens is 204 g/mol. The van der Waals surface area contributed by atoms with Gasteiger partial charge in [0, 0.05) is 20.1 Å². The van der Waals surface area contributed by atoms with E-state index in [9.17, 15) is 4.79 Å². The first kappa shape index (κ1) is 12.5. The molecule has 0 unspecified atom stereocenters. The van der Waals surface area contributed by atoms with Gasteiger partial charge in [-0.25, -0.2) is 0 Å². The van der Waals surface area contributed by atoms with E-state index in [4.69, 9.17) is 4.74 Å². The first-order valence-electron chi connectivity index (χ1n) is 5.23. The number of carbonyl (C=O) groups excluding carboxylic acids is 1. The Hall–Kier alpha value is -1.55. The number of benzene rings is 1. The molecule has 88 valence electrons. The molecule has 0 aliphatic heterocycles. The van der Waals surface area contributed by atoms with E-state index in [1.165, 1.54) is 0 Å². The number of para-hydroxylation sites is 1. The van der Waals surface area contributed by atoms with Crippen LogP contribution in [-0.4, -0.2) is 45.1 Å². The highest BCUT2D eigenvalue weighted by molar-refractivity contribution is 5.96. The molecule has 0 atom stereocenters. The lowest BCUT2D eigenvalue weighted by molar-refractivity contribution is 0.0793. The summed E-state index contributed by atoms with van der Waals surface area (Å²) in [6, 6.07) is 7.25. The molecule has 0 saturated carbocycles. The van der Waals surface area contributed by atoms with Crippen LogP contribution in [-0.2, 0) is 0 Å². The Balaban J connectivity index is 2.79. The highest BCUT2D eigenvalue weighted by atomic mass is 16.5. The number of hydrogen-bond acceptors (Lipinski definition) is 3. The molecule has 4 heteroatoms. The van der Waals surface area contributed by atoms with Crippen LogP contribution in [0, 0.1) is 0 Å². The lowest BCUT2D eigenvalue weighted by Crippen LogP contribution is -2.32. The largest absolute Gasteiger partial charge is 0.496 e. The number of nitrogens with one attached hydrogen (secondary N) is 1. The van der Waals surface area contributed by atoms with Crippen molar-refractivity contribution in [3.05, 3.63) is 29.8 Å². The van der Waals surface area contributed by atoms with Crippen LogP contribution < -0.4 is 10.1 Å². The number of rotatable bonds is 5. The minimum Gasteiger partial charge on any atom is -0.496 e. The summed E-state index contributed by atoms with van der Waals surface area (Å²) < 4.78 is 5.16.